The molecule has 1 aromatic carbocycles. The molecule has 2 aromatic rings. The van der Waals surface area contributed by atoms with E-state index in [4.69, 9.17) is 5.73 Å². The van der Waals surface area contributed by atoms with Gasteiger partial charge < -0.3 is 10.6 Å². The quantitative estimate of drug-likeness (QED) is 0.875. The topological polar surface area (TPSA) is 47.1 Å². The maximum Gasteiger partial charge on any atom is 0.0781 e. The average Bonchev–Trinajstić information content (AvgIpc) is 2.77. The van der Waals surface area contributed by atoms with Crippen molar-refractivity contribution in [3.63, 3.8) is 0 Å². The number of anilines is 1. The van der Waals surface area contributed by atoms with Gasteiger partial charge >= 0.3 is 0 Å². The molecular weight excluding hydrogens is 224 g/mol. The van der Waals surface area contributed by atoms with E-state index < -0.39 is 0 Å². The Morgan fingerprint density at radius 3 is 2.56 bits per heavy atom. The summed E-state index contributed by atoms with van der Waals surface area (Å²) in [5, 5.41) is 4.34. The van der Waals surface area contributed by atoms with Gasteiger partial charge in [-0.1, -0.05) is 30.3 Å². The summed E-state index contributed by atoms with van der Waals surface area (Å²) in [6, 6.07) is 10.7. The first-order chi connectivity index (χ1) is 8.66. The summed E-state index contributed by atoms with van der Waals surface area (Å²) in [7, 11) is 4.17. The van der Waals surface area contributed by atoms with Gasteiger partial charge in [-0.25, -0.2) is 0 Å². The van der Waals surface area contributed by atoms with Gasteiger partial charge in [0, 0.05) is 6.20 Å². The Morgan fingerprint density at radius 2 is 2.00 bits per heavy atom. The molecule has 0 aliphatic rings. The minimum Gasteiger partial charge on any atom is -0.396 e. The predicted molar refractivity (Wildman–Crippen MR) is 74.4 cm³/mol. The van der Waals surface area contributed by atoms with Crippen LogP contribution in [0.15, 0.2) is 42.7 Å². The first-order valence-electron chi connectivity index (χ1n) is 6.16. The first kappa shape index (κ1) is 12.6. The molecule has 1 atom stereocenters. The highest BCUT2D eigenvalue weighted by Crippen LogP contribution is 2.22. The van der Waals surface area contributed by atoms with E-state index in [-0.39, 0.29) is 6.04 Å². The van der Waals surface area contributed by atoms with E-state index in [1.54, 1.807) is 6.20 Å². The number of hydrogen-bond acceptors (Lipinski definition) is 3. The van der Waals surface area contributed by atoms with Crippen LogP contribution < -0.4 is 5.73 Å². The molecule has 0 saturated carbocycles. The molecule has 0 amide bonds. The van der Waals surface area contributed by atoms with Crippen molar-refractivity contribution in [2.45, 2.75) is 12.5 Å². The van der Waals surface area contributed by atoms with Crippen LogP contribution in [0.5, 0.6) is 0 Å². The summed E-state index contributed by atoms with van der Waals surface area (Å²) >= 11 is 0. The molecule has 96 valence electrons. The second-order valence-electron chi connectivity index (χ2n) is 4.77. The second kappa shape index (κ2) is 5.69. The smallest absolute Gasteiger partial charge is 0.0781 e. The Hall–Kier alpha value is -1.81. The molecule has 2 rings (SSSR count). The molecular formula is C14H20N4. The van der Waals surface area contributed by atoms with E-state index in [0.717, 1.165) is 13.0 Å². The third-order valence-electron chi connectivity index (χ3n) is 2.97. The number of aromatic nitrogens is 2. The third kappa shape index (κ3) is 3.11. The molecule has 0 aliphatic heterocycles. The highest BCUT2D eigenvalue weighted by Gasteiger charge is 2.14. The molecule has 0 bridgehead atoms. The maximum atomic E-state index is 5.76. The van der Waals surface area contributed by atoms with Gasteiger partial charge in [-0.2, -0.15) is 5.10 Å². The van der Waals surface area contributed by atoms with Crippen LogP contribution in [0.2, 0.25) is 0 Å². The molecule has 1 aromatic heterocycles. The van der Waals surface area contributed by atoms with E-state index in [9.17, 15) is 0 Å². The molecule has 0 fully saturated rings. The van der Waals surface area contributed by atoms with Gasteiger partial charge in [-0.3, -0.25) is 4.68 Å². The third-order valence-corrected chi connectivity index (χ3v) is 2.97. The Morgan fingerprint density at radius 1 is 1.28 bits per heavy atom. The fraction of sp³-hybridized carbons (Fsp3) is 0.357. The van der Waals surface area contributed by atoms with Gasteiger partial charge in [0.25, 0.3) is 0 Å². The Labute approximate surface area is 108 Å². The fourth-order valence-electron chi connectivity index (χ4n) is 2.03. The number of rotatable bonds is 5. The van der Waals surface area contributed by atoms with Crippen LogP contribution in [0.4, 0.5) is 5.69 Å². The molecule has 2 N–H and O–H groups in total. The second-order valence-corrected chi connectivity index (χ2v) is 4.77. The normalized spacial score (nSPS) is 12.8. The van der Waals surface area contributed by atoms with Gasteiger partial charge in [0.15, 0.2) is 0 Å². The van der Waals surface area contributed by atoms with Crippen molar-refractivity contribution < 1.29 is 0 Å². The maximum absolute atomic E-state index is 5.76. The Balaban J connectivity index is 2.23. The Bertz CT molecular complexity index is 476. The van der Waals surface area contributed by atoms with Crippen LogP contribution >= 0.6 is 0 Å². The molecule has 0 spiro atoms. The number of hydrogen-bond donors (Lipinski definition) is 1. The zero-order valence-corrected chi connectivity index (χ0v) is 11.0. The lowest BCUT2D eigenvalue weighted by atomic mass is 10.0. The van der Waals surface area contributed by atoms with Crippen LogP contribution in [0, 0.1) is 0 Å². The lowest BCUT2D eigenvalue weighted by Crippen LogP contribution is -2.20. The number of nitrogens with zero attached hydrogens (tertiary/aromatic N) is 3. The molecule has 1 heterocycles. The highest BCUT2D eigenvalue weighted by molar-refractivity contribution is 5.31. The molecule has 0 radical (unpaired) electrons. The van der Waals surface area contributed by atoms with Gasteiger partial charge in [0.1, 0.15) is 0 Å². The van der Waals surface area contributed by atoms with Gasteiger partial charge in [-0.05, 0) is 32.6 Å². The first-order valence-corrected chi connectivity index (χ1v) is 6.16. The molecule has 18 heavy (non-hydrogen) atoms. The predicted octanol–water partition coefficient (Wildman–Crippen LogP) is 2.01. The van der Waals surface area contributed by atoms with Crippen molar-refractivity contribution in [1.29, 1.82) is 0 Å². The van der Waals surface area contributed by atoms with Crippen LogP contribution in [0.25, 0.3) is 0 Å². The van der Waals surface area contributed by atoms with E-state index in [1.165, 1.54) is 5.56 Å². The van der Waals surface area contributed by atoms with Crippen molar-refractivity contribution in [2.75, 3.05) is 26.4 Å². The van der Waals surface area contributed by atoms with E-state index in [0.29, 0.717) is 5.69 Å². The van der Waals surface area contributed by atoms with Crippen molar-refractivity contribution in [3.05, 3.63) is 48.3 Å². The van der Waals surface area contributed by atoms with Crippen molar-refractivity contribution in [3.8, 4) is 0 Å². The summed E-state index contributed by atoms with van der Waals surface area (Å²) in [5.74, 6) is 0. The minimum absolute atomic E-state index is 0.242. The fourth-order valence-corrected chi connectivity index (χ4v) is 2.03. The van der Waals surface area contributed by atoms with Crippen LogP contribution in [0.1, 0.15) is 18.0 Å². The van der Waals surface area contributed by atoms with Gasteiger partial charge in [0.2, 0.25) is 0 Å². The summed E-state index contributed by atoms with van der Waals surface area (Å²) in [6.07, 6.45) is 4.61. The molecule has 4 nitrogen and oxygen atoms in total. The molecule has 0 aliphatic carbocycles. The van der Waals surface area contributed by atoms with Crippen molar-refractivity contribution in [2.24, 2.45) is 0 Å². The number of benzene rings is 1. The lowest BCUT2D eigenvalue weighted by Gasteiger charge is -2.20. The summed E-state index contributed by atoms with van der Waals surface area (Å²) in [5.41, 5.74) is 7.73. The highest BCUT2D eigenvalue weighted by atomic mass is 15.3. The van der Waals surface area contributed by atoms with E-state index >= 15 is 0 Å². The summed E-state index contributed by atoms with van der Waals surface area (Å²) in [4.78, 5) is 2.18. The van der Waals surface area contributed by atoms with Crippen molar-refractivity contribution >= 4 is 5.69 Å². The SMILES string of the molecule is CN(C)CCC(c1ccccc1)n1cc(N)cn1. The molecule has 1 unspecified atom stereocenters. The Kier molecular flexibility index (Phi) is 3.99. The zero-order chi connectivity index (χ0) is 13.0. The standard InChI is InChI=1S/C14H20N4/c1-17(2)9-8-14(12-6-4-3-5-7-12)18-11-13(15)10-16-18/h3-7,10-11,14H,8-9,15H2,1-2H3. The van der Waals surface area contributed by atoms with E-state index in [1.807, 2.05) is 16.9 Å². The largest absolute Gasteiger partial charge is 0.396 e. The van der Waals surface area contributed by atoms with Gasteiger partial charge in [0.05, 0.1) is 17.9 Å². The minimum atomic E-state index is 0.242. The van der Waals surface area contributed by atoms with Gasteiger partial charge in [-0.15, -0.1) is 0 Å². The monoisotopic (exact) mass is 244 g/mol. The summed E-state index contributed by atoms with van der Waals surface area (Å²) < 4.78 is 1.95. The number of nitrogen functional groups attached to an aromatic ring is 1. The number of nitrogens with two attached hydrogens (primary N) is 1. The lowest BCUT2D eigenvalue weighted by molar-refractivity contribution is 0.357. The van der Waals surface area contributed by atoms with E-state index in [2.05, 4.69) is 48.4 Å². The molecule has 0 saturated heterocycles. The van der Waals surface area contributed by atoms with Crippen LogP contribution in [0.3, 0.4) is 0 Å². The summed E-state index contributed by atoms with van der Waals surface area (Å²) in [6.45, 7) is 1.01. The van der Waals surface area contributed by atoms with Crippen molar-refractivity contribution in [1.82, 2.24) is 14.7 Å². The van der Waals surface area contributed by atoms with Crippen LogP contribution in [-0.4, -0.2) is 35.3 Å². The van der Waals surface area contributed by atoms with Crippen LogP contribution in [-0.2, 0) is 0 Å². The zero-order valence-electron chi connectivity index (χ0n) is 11.0. The average molecular weight is 244 g/mol. The molecule has 4 heteroatoms.